The minimum atomic E-state index is -1.15. The zero-order chi connectivity index (χ0) is 13.3. The monoisotopic (exact) mass is 269 g/mol. The van der Waals surface area contributed by atoms with Gasteiger partial charge in [0.15, 0.2) is 0 Å². The second-order valence-electron chi connectivity index (χ2n) is 3.44. The van der Waals surface area contributed by atoms with Gasteiger partial charge in [0.1, 0.15) is 18.9 Å². The zero-order valence-corrected chi connectivity index (χ0v) is 10.9. The third-order valence-corrected chi connectivity index (χ3v) is 2.83. The highest BCUT2D eigenvalue weighted by Crippen LogP contribution is 2.04. The number of aliphatic hydroxyl groups is 3. The Hall–Kier alpha value is -0.210. The molecule has 0 aromatic carbocycles. The maximum Gasteiger partial charge on any atom is 0.137 e. The summed E-state index contributed by atoms with van der Waals surface area (Å²) in [5.41, 5.74) is 0. The lowest BCUT2D eigenvalue weighted by Gasteiger charge is -2.23. The summed E-state index contributed by atoms with van der Waals surface area (Å²) in [6, 6.07) is 0. The Morgan fingerprint density at radius 1 is 1.47 bits per heavy atom. The van der Waals surface area contributed by atoms with E-state index < -0.39 is 31.6 Å². The number of ether oxygens (including phenoxy) is 1. The van der Waals surface area contributed by atoms with Gasteiger partial charge in [-0.05, 0) is 13.2 Å². The summed E-state index contributed by atoms with van der Waals surface area (Å²) in [6.07, 6.45) is -1.26. The number of hydrogen-bond donors (Lipinski definition) is 3. The molecule has 17 heavy (non-hydrogen) atoms. The van der Waals surface area contributed by atoms with Gasteiger partial charge < -0.3 is 20.1 Å². The van der Waals surface area contributed by atoms with Gasteiger partial charge in [0.05, 0.1) is 30.9 Å². The fourth-order valence-electron chi connectivity index (χ4n) is 1.11. The fourth-order valence-corrected chi connectivity index (χ4v) is 1.44. The van der Waals surface area contributed by atoms with Crippen molar-refractivity contribution in [2.24, 2.45) is 4.99 Å². The Labute approximate surface area is 105 Å². The summed E-state index contributed by atoms with van der Waals surface area (Å²) in [7, 11) is 0. The number of nitrogens with zero attached hydrogens (tertiary/aromatic N) is 1. The van der Waals surface area contributed by atoms with Crippen LogP contribution in [0.5, 0.6) is 0 Å². The molecule has 0 saturated heterocycles. The lowest BCUT2D eigenvalue weighted by molar-refractivity contribution is -0.100. The van der Waals surface area contributed by atoms with Crippen LogP contribution in [0.4, 0.5) is 4.39 Å². The van der Waals surface area contributed by atoms with E-state index in [-0.39, 0.29) is 13.2 Å². The van der Waals surface area contributed by atoms with Gasteiger partial charge >= 0.3 is 0 Å². The van der Waals surface area contributed by atoms with E-state index in [1.807, 2.05) is 0 Å². The normalized spacial score (nSPS) is 17.9. The number of aliphatic imine (C=N–C) groups is 1. The van der Waals surface area contributed by atoms with Crippen molar-refractivity contribution in [3.8, 4) is 0 Å². The lowest BCUT2D eigenvalue weighted by atomic mass is 10.1. The second-order valence-corrected chi connectivity index (χ2v) is 4.32. The number of aliphatic hydroxyl groups excluding tert-OH is 3. The van der Waals surface area contributed by atoms with E-state index in [4.69, 9.17) is 14.9 Å². The van der Waals surface area contributed by atoms with Crippen molar-refractivity contribution < 1.29 is 24.4 Å². The van der Waals surface area contributed by atoms with E-state index in [0.717, 1.165) is 0 Å². The molecule has 0 unspecified atom stereocenters. The van der Waals surface area contributed by atoms with Crippen LogP contribution in [0, 0.1) is 0 Å². The van der Waals surface area contributed by atoms with Gasteiger partial charge in [0.25, 0.3) is 0 Å². The summed E-state index contributed by atoms with van der Waals surface area (Å²) in [5.74, 6) is 0. The van der Waals surface area contributed by atoms with Gasteiger partial charge in [-0.25, -0.2) is 4.39 Å². The van der Waals surface area contributed by atoms with E-state index in [1.165, 1.54) is 18.7 Å². The Balaban J connectivity index is 3.96. The molecule has 0 heterocycles. The van der Waals surface area contributed by atoms with E-state index >= 15 is 0 Å². The van der Waals surface area contributed by atoms with Gasteiger partial charge in [-0.1, -0.05) is 0 Å². The van der Waals surface area contributed by atoms with Crippen LogP contribution in [0.1, 0.15) is 6.92 Å². The van der Waals surface area contributed by atoms with Gasteiger partial charge in [-0.2, -0.15) is 0 Å². The summed E-state index contributed by atoms with van der Waals surface area (Å²) in [5, 5.41) is 27.9. The van der Waals surface area contributed by atoms with E-state index in [1.54, 1.807) is 6.26 Å². The largest absolute Gasteiger partial charge is 0.394 e. The van der Waals surface area contributed by atoms with Crippen molar-refractivity contribution in [2.75, 3.05) is 32.7 Å². The third kappa shape index (κ3) is 6.95. The van der Waals surface area contributed by atoms with E-state index in [0.29, 0.717) is 5.04 Å². The number of rotatable bonds is 8. The highest BCUT2D eigenvalue weighted by Gasteiger charge is 2.23. The van der Waals surface area contributed by atoms with Crippen LogP contribution in [0.2, 0.25) is 0 Å². The minimum Gasteiger partial charge on any atom is -0.394 e. The van der Waals surface area contributed by atoms with Crippen molar-refractivity contribution in [2.45, 2.75) is 25.2 Å². The standard InChI is InChI=1S/C10H20FNO4S/c1-7(14)10(15)8(6-13)16-4-3-12-9(5-11)17-2/h7-8,10,13-15H,3-6H2,1-2H3/b12-9-/t7-,8-,10+/m1/s1. The van der Waals surface area contributed by atoms with Crippen LogP contribution in [-0.4, -0.2) is 71.4 Å². The molecule has 0 aromatic rings. The van der Waals surface area contributed by atoms with Crippen molar-refractivity contribution in [1.29, 1.82) is 0 Å². The lowest BCUT2D eigenvalue weighted by Crippen LogP contribution is -2.40. The summed E-state index contributed by atoms with van der Waals surface area (Å²) >= 11 is 1.23. The molecule has 0 radical (unpaired) electrons. The van der Waals surface area contributed by atoms with Crippen molar-refractivity contribution in [3.05, 3.63) is 0 Å². The number of thioether (sulfide) groups is 1. The molecule has 0 saturated carbocycles. The van der Waals surface area contributed by atoms with Crippen LogP contribution in [-0.2, 0) is 4.74 Å². The van der Waals surface area contributed by atoms with Crippen LogP contribution < -0.4 is 0 Å². The van der Waals surface area contributed by atoms with Crippen molar-refractivity contribution >= 4 is 16.8 Å². The average molecular weight is 269 g/mol. The topological polar surface area (TPSA) is 82.3 Å². The Kier molecular flexibility index (Phi) is 9.66. The first-order valence-electron chi connectivity index (χ1n) is 5.28. The molecule has 0 bridgehead atoms. The summed E-state index contributed by atoms with van der Waals surface area (Å²) in [6.45, 7) is 0.807. The average Bonchev–Trinajstić information content (AvgIpc) is 2.33. The first kappa shape index (κ1) is 16.8. The van der Waals surface area contributed by atoms with Crippen molar-refractivity contribution in [1.82, 2.24) is 0 Å². The molecule has 0 spiro atoms. The second kappa shape index (κ2) is 9.78. The molecule has 0 rings (SSSR count). The van der Waals surface area contributed by atoms with E-state index in [2.05, 4.69) is 4.99 Å². The van der Waals surface area contributed by atoms with Gasteiger partial charge in [-0.15, -0.1) is 11.8 Å². The molecule has 3 atom stereocenters. The first-order chi connectivity index (χ1) is 8.06. The zero-order valence-electron chi connectivity index (χ0n) is 10.0. The third-order valence-electron chi connectivity index (χ3n) is 2.12. The van der Waals surface area contributed by atoms with Gasteiger partial charge in [-0.3, -0.25) is 4.99 Å². The van der Waals surface area contributed by atoms with Gasteiger partial charge in [0.2, 0.25) is 0 Å². The maximum absolute atomic E-state index is 12.2. The number of halogens is 1. The SMILES string of the molecule is CS/C(CF)=N\CCO[C@H](CO)[C@@H](O)[C@@H](C)O. The molecule has 0 aliphatic carbocycles. The molecular weight excluding hydrogens is 249 g/mol. The van der Waals surface area contributed by atoms with Crippen LogP contribution in [0.25, 0.3) is 0 Å². The Morgan fingerprint density at radius 3 is 2.53 bits per heavy atom. The molecule has 102 valence electrons. The molecule has 0 amide bonds. The van der Waals surface area contributed by atoms with Gasteiger partial charge in [0, 0.05) is 0 Å². The summed E-state index contributed by atoms with van der Waals surface area (Å²) < 4.78 is 17.4. The number of hydrogen-bond acceptors (Lipinski definition) is 6. The van der Waals surface area contributed by atoms with Crippen molar-refractivity contribution in [3.63, 3.8) is 0 Å². The van der Waals surface area contributed by atoms with Crippen LogP contribution in [0.15, 0.2) is 4.99 Å². The molecule has 0 aromatic heterocycles. The quantitative estimate of drug-likeness (QED) is 0.324. The fraction of sp³-hybridized carbons (Fsp3) is 0.900. The molecule has 7 heteroatoms. The molecule has 5 nitrogen and oxygen atoms in total. The highest BCUT2D eigenvalue weighted by molar-refractivity contribution is 8.13. The Bertz CT molecular complexity index is 222. The van der Waals surface area contributed by atoms with Crippen LogP contribution >= 0.6 is 11.8 Å². The highest BCUT2D eigenvalue weighted by atomic mass is 32.2. The smallest absolute Gasteiger partial charge is 0.137 e. The molecule has 0 aliphatic rings. The molecule has 0 fully saturated rings. The first-order valence-corrected chi connectivity index (χ1v) is 6.51. The minimum absolute atomic E-state index is 0.152. The molecule has 3 N–H and O–H groups in total. The molecular formula is C10H20FNO4S. The summed E-state index contributed by atoms with van der Waals surface area (Å²) in [4.78, 5) is 3.92. The predicted molar refractivity (Wildman–Crippen MR) is 66.3 cm³/mol. The maximum atomic E-state index is 12.2. The molecule has 0 aliphatic heterocycles. The predicted octanol–water partition coefficient (Wildman–Crippen LogP) is -0.163. The van der Waals surface area contributed by atoms with E-state index in [9.17, 15) is 9.50 Å². The van der Waals surface area contributed by atoms with Crippen LogP contribution in [0.3, 0.4) is 0 Å². The number of alkyl halides is 1. The Morgan fingerprint density at radius 2 is 2.12 bits per heavy atom.